The van der Waals surface area contributed by atoms with Crippen LogP contribution in [-0.4, -0.2) is 24.8 Å². The second-order valence-electron chi connectivity index (χ2n) is 3.46. The maximum absolute atomic E-state index is 10.3. The van der Waals surface area contributed by atoms with E-state index in [0.29, 0.717) is 12.3 Å². The average Bonchev–Trinajstić information content (AvgIpc) is 1.80. The lowest BCUT2D eigenvalue weighted by molar-refractivity contribution is 0.458. The van der Waals surface area contributed by atoms with Gasteiger partial charge in [0.05, 0.1) is 5.75 Å². The highest BCUT2D eigenvalue weighted by Gasteiger charge is 2.10. The fourth-order valence-electron chi connectivity index (χ4n) is 1.02. The van der Waals surface area contributed by atoms with Gasteiger partial charge >= 0.3 is 0 Å². The van der Waals surface area contributed by atoms with Crippen LogP contribution in [0, 0.1) is 5.92 Å². The summed E-state index contributed by atoms with van der Waals surface area (Å²) in [6.45, 7) is 4.04. The molecule has 0 aromatic heterocycles. The second kappa shape index (κ2) is 4.79. The zero-order valence-corrected chi connectivity index (χ0v) is 8.34. The van der Waals surface area contributed by atoms with Crippen molar-refractivity contribution in [2.45, 2.75) is 32.7 Å². The average molecular weight is 195 g/mol. The molecule has 1 atom stereocenters. The van der Waals surface area contributed by atoms with E-state index < -0.39 is 10.1 Å². The Bertz CT molecular complexity index is 211. The summed E-state index contributed by atoms with van der Waals surface area (Å²) >= 11 is 0. The first-order valence-corrected chi connectivity index (χ1v) is 5.63. The van der Waals surface area contributed by atoms with Crippen molar-refractivity contribution in [3.63, 3.8) is 0 Å². The van der Waals surface area contributed by atoms with Crippen molar-refractivity contribution in [2.75, 3.05) is 5.75 Å². The van der Waals surface area contributed by atoms with Crippen molar-refractivity contribution in [2.24, 2.45) is 11.7 Å². The molecule has 0 aliphatic heterocycles. The third-order valence-corrected chi connectivity index (χ3v) is 2.27. The monoisotopic (exact) mass is 195 g/mol. The molecule has 0 fully saturated rings. The van der Waals surface area contributed by atoms with Gasteiger partial charge in [-0.15, -0.1) is 0 Å². The molecular formula is C7H17NO3S. The predicted octanol–water partition coefficient (Wildman–Crippen LogP) is 0.638. The predicted molar refractivity (Wildman–Crippen MR) is 48.5 cm³/mol. The fraction of sp³-hybridized carbons (Fsp3) is 1.00. The minimum Gasteiger partial charge on any atom is -0.328 e. The van der Waals surface area contributed by atoms with Crippen LogP contribution in [0.2, 0.25) is 0 Å². The maximum Gasteiger partial charge on any atom is 0.264 e. The molecule has 0 rings (SSSR count). The highest BCUT2D eigenvalue weighted by atomic mass is 32.2. The quantitative estimate of drug-likeness (QED) is 0.631. The molecule has 0 radical (unpaired) electrons. The van der Waals surface area contributed by atoms with Gasteiger partial charge in [0, 0.05) is 6.04 Å². The third-order valence-electron chi connectivity index (χ3n) is 1.52. The second-order valence-corrected chi connectivity index (χ2v) is 5.04. The van der Waals surface area contributed by atoms with Crippen molar-refractivity contribution in [1.82, 2.24) is 0 Å². The Morgan fingerprint density at radius 1 is 1.42 bits per heavy atom. The van der Waals surface area contributed by atoms with E-state index in [9.17, 15) is 8.42 Å². The first-order chi connectivity index (χ1) is 5.31. The van der Waals surface area contributed by atoms with Crippen molar-refractivity contribution < 1.29 is 13.0 Å². The summed E-state index contributed by atoms with van der Waals surface area (Å²) in [5, 5.41) is 0. The van der Waals surface area contributed by atoms with E-state index >= 15 is 0 Å². The molecule has 0 spiro atoms. The number of nitrogens with two attached hydrogens (primary N) is 1. The zero-order valence-electron chi connectivity index (χ0n) is 7.53. The largest absolute Gasteiger partial charge is 0.328 e. The molecule has 0 heterocycles. The van der Waals surface area contributed by atoms with Crippen LogP contribution in [0.4, 0.5) is 0 Å². The Morgan fingerprint density at radius 3 is 2.25 bits per heavy atom. The molecule has 0 saturated heterocycles. The molecule has 3 N–H and O–H groups in total. The van der Waals surface area contributed by atoms with Gasteiger partial charge < -0.3 is 5.73 Å². The van der Waals surface area contributed by atoms with Gasteiger partial charge in [-0.25, -0.2) is 0 Å². The van der Waals surface area contributed by atoms with Crippen LogP contribution >= 0.6 is 0 Å². The maximum atomic E-state index is 10.3. The smallest absolute Gasteiger partial charge is 0.264 e. The Labute approximate surface area is 73.9 Å². The van der Waals surface area contributed by atoms with Gasteiger partial charge in [-0.3, -0.25) is 4.55 Å². The molecule has 5 heteroatoms. The summed E-state index contributed by atoms with van der Waals surface area (Å²) < 4.78 is 29.1. The Kier molecular flexibility index (Phi) is 4.74. The molecule has 0 saturated carbocycles. The SMILES string of the molecule is CC(C)C[C@@H](N)CCS(=O)(=O)O. The van der Waals surface area contributed by atoms with E-state index in [-0.39, 0.29) is 11.8 Å². The summed E-state index contributed by atoms with van der Waals surface area (Å²) in [6, 6.07) is -0.132. The van der Waals surface area contributed by atoms with E-state index in [4.69, 9.17) is 10.3 Å². The molecular weight excluding hydrogens is 178 g/mol. The van der Waals surface area contributed by atoms with Crippen molar-refractivity contribution in [1.29, 1.82) is 0 Å². The zero-order chi connectivity index (χ0) is 9.78. The van der Waals surface area contributed by atoms with Gasteiger partial charge in [0.15, 0.2) is 0 Å². The van der Waals surface area contributed by atoms with Crippen LogP contribution in [0.5, 0.6) is 0 Å². The summed E-state index contributed by atoms with van der Waals surface area (Å²) in [5.74, 6) is 0.224. The molecule has 0 aliphatic rings. The molecule has 0 aliphatic carbocycles. The van der Waals surface area contributed by atoms with Crippen molar-refractivity contribution in [3.05, 3.63) is 0 Å². The summed E-state index contributed by atoms with van der Waals surface area (Å²) in [4.78, 5) is 0. The number of hydrogen-bond acceptors (Lipinski definition) is 3. The summed E-state index contributed by atoms with van der Waals surface area (Å²) in [7, 11) is -3.83. The van der Waals surface area contributed by atoms with Gasteiger partial charge in [-0.2, -0.15) is 8.42 Å². The third kappa shape index (κ3) is 7.97. The molecule has 12 heavy (non-hydrogen) atoms. The van der Waals surface area contributed by atoms with E-state index in [2.05, 4.69) is 0 Å². The summed E-state index contributed by atoms with van der Waals surface area (Å²) in [6.07, 6.45) is 1.12. The molecule has 0 aromatic carbocycles. The van der Waals surface area contributed by atoms with Gasteiger partial charge in [0.2, 0.25) is 0 Å². The number of hydrogen-bond donors (Lipinski definition) is 2. The Balaban J connectivity index is 3.65. The molecule has 0 unspecified atom stereocenters. The van der Waals surface area contributed by atoms with E-state index in [1.807, 2.05) is 13.8 Å². The Hall–Kier alpha value is -0.130. The standard InChI is InChI=1S/C7H17NO3S/c1-6(2)5-7(8)3-4-12(9,10)11/h6-7H,3-5,8H2,1-2H3,(H,9,10,11)/t7-/m0/s1. The molecule has 74 valence electrons. The van der Waals surface area contributed by atoms with Gasteiger partial charge in [0.25, 0.3) is 10.1 Å². The van der Waals surface area contributed by atoms with Crippen LogP contribution in [0.15, 0.2) is 0 Å². The summed E-state index contributed by atoms with van der Waals surface area (Å²) in [5.41, 5.74) is 5.61. The van der Waals surface area contributed by atoms with E-state index in [1.54, 1.807) is 0 Å². The highest BCUT2D eigenvalue weighted by molar-refractivity contribution is 7.85. The fourth-order valence-corrected chi connectivity index (χ4v) is 1.62. The van der Waals surface area contributed by atoms with Crippen LogP contribution in [0.1, 0.15) is 26.7 Å². The van der Waals surface area contributed by atoms with Gasteiger partial charge in [-0.1, -0.05) is 13.8 Å². The van der Waals surface area contributed by atoms with Crippen LogP contribution in [0.25, 0.3) is 0 Å². The molecule has 0 amide bonds. The lowest BCUT2D eigenvalue weighted by Crippen LogP contribution is -2.25. The molecule has 4 nitrogen and oxygen atoms in total. The lowest BCUT2D eigenvalue weighted by atomic mass is 10.0. The Morgan fingerprint density at radius 2 is 1.92 bits per heavy atom. The van der Waals surface area contributed by atoms with E-state index in [1.165, 1.54) is 0 Å². The molecule has 0 aromatic rings. The first-order valence-electron chi connectivity index (χ1n) is 4.02. The highest BCUT2D eigenvalue weighted by Crippen LogP contribution is 2.06. The lowest BCUT2D eigenvalue weighted by Gasteiger charge is -2.12. The van der Waals surface area contributed by atoms with Crippen LogP contribution < -0.4 is 5.73 Å². The van der Waals surface area contributed by atoms with Gasteiger partial charge in [-0.05, 0) is 18.8 Å². The van der Waals surface area contributed by atoms with Gasteiger partial charge in [0.1, 0.15) is 0 Å². The van der Waals surface area contributed by atoms with Crippen LogP contribution in [0.3, 0.4) is 0 Å². The van der Waals surface area contributed by atoms with Crippen LogP contribution in [-0.2, 0) is 10.1 Å². The van der Waals surface area contributed by atoms with Crippen molar-refractivity contribution >= 4 is 10.1 Å². The molecule has 0 bridgehead atoms. The topological polar surface area (TPSA) is 80.4 Å². The first kappa shape index (κ1) is 11.9. The minimum atomic E-state index is -3.83. The van der Waals surface area contributed by atoms with E-state index in [0.717, 1.165) is 6.42 Å². The normalized spacial score (nSPS) is 15.1. The van der Waals surface area contributed by atoms with Crippen molar-refractivity contribution in [3.8, 4) is 0 Å². The minimum absolute atomic E-state index is 0.132. The number of rotatable bonds is 5.